The predicted molar refractivity (Wildman–Crippen MR) is 124 cm³/mol. The Bertz CT molecular complexity index is 1180. The molecule has 0 spiro atoms. The Labute approximate surface area is 178 Å². The maximum atomic E-state index is 5.93. The molecule has 0 aliphatic carbocycles. The van der Waals surface area contributed by atoms with Crippen LogP contribution in [0.25, 0.3) is 21.9 Å². The maximum Gasteiger partial charge on any atom is 0.130 e. The average molecular weight is 404 g/mol. The molecule has 0 bridgehead atoms. The normalized spacial score (nSPS) is 15.6. The van der Waals surface area contributed by atoms with E-state index in [0.717, 1.165) is 56.8 Å². The van der Waals surface area contributed by atoms with Crippen LogP contribution in [0.3, 0.4) is 0 Å². The molecule has 1 aliphatic rings. The van der Waals surface area contributed by atoms with E-state index in [4.69, 9.17) is 19.2 Å². The quantitative estimate of drug-likeness (QED) is 0.544. The summed E-state index contributed by atoms with van der Waals surface area (Å²) < 4.78 is 17.3. The number of hydrogen-bond acceptors (Lipinski definition) is 4. The zero-order valence-electron chi connectivity index (χ0n) is 18.8. The van der Waals surface area contributed by atoms with Crippen molar-refractivity contribution in [1.82, 2.24) is 0 Å². The maximum absolute atomic E-state index is 5.93. The first-order chi connectivity index (χ1) is 14.4. The van der Waals surface area contributed by atoms with E-state index < -0.39 is 0 Å². The molecule has 0 saturated heterocycles. The standard InChI is InChI=1S/C26H29NO3/c1-14-11-21(29-6)26-19(9-8-10-20(26)28-5)23(14)25-16(3)24-17(4)27-15(2)12-18(24)13-22(25)30-7/h8-11,13,15H,12H2,1-7H3/t15-/m1/s1. The van der Waals surface area contributed by atoms with Crippen LogP contribution >= 0.6 is 0 Å². The van der Waals surface area contributed by atoms with E-state index in [1.54, 1.807) is 21.3 Å². The number of methoxy groups -OCH3 is 3. The highest BCUT2D eigenvalue weighted by Crippen LogP contribution is 2.47. The number of fused-ring (bicyclic) bond motifs is 2. The largest absolute Gasteiger partial charge is 0.496 e. The van der Waals surface area contributed by atoms with Crippen molar-refractivity contribution in [3.8, 4) is 28.4 Å². The lowest BCUT2D eigenvalue weighted by atomic mass is 9.83. The van der Waals surface area contributed by atoms with Crippen LogP contribution in [-0.2, 0) is 6.42 Å². The van der Waals surface area contributed by atoms with E-state index >= 15 is 0 Å². The fourth-order valence-corrected chi connectivity index (χ4v) is 4.96. The minimum atomic E-state index is 0.292. The summed E-state index contributed by atoms with van der Waals surface area (Å²) >= 11 is 0. The lowest BCUT2D eigenvalue weighted by molar-refractivity contribution is 0.405. The van der Waals surface area contributed by atoms with Crippen LogP contribution in [0.1, 0.15) is 36.1 Å². The molecule has 0 saturated carbocycles. The minimum absolute atomic E-state index is 0.292. The highest BCUT2D eigenvalue weighted by atomic mass is 16.5. The van der Waals surface area contributed by atoms with Gasteiger partial charge in [-0.05, 0) is 80.0 Å². The van der Waals surface area contributed by atoms with Crippen molar-refractivity contribution in [3.63, 3.8) is 0 Å². The van der Waals surface area contributed by atoms with E-state index in [9.17, 15) is 0 Å². The van der Waals surface area contributed by atoms with Crippen LogP contribution in [0.2, 0.25) is 0 Å². The smallest absolute Gasteiger partial charge is 0.130 e. The second kappa shape index (κ2) is 7.67. The number of benzene rings is 3. The Balaban J connectivity index is 2.14. The monoisotopic (exact) mass is 403 g/mol. The Morgan fingerprint density at radius 2 is 1.53 bits per heavy atom. The first-order valence-corrected chi connectivity index (χ1v) is 10.3. The first-order valence-electron chi connectivity index (χ1n) is 10.3. The molecule has 3 aromatic carbocycles. The van der Waals surface area contributed by atoms with Gasteiger partial charge in [-0.2, -0.15) is 0 Å². The van der Waals surface area contributed by atoms with Crippen LogP contribution in [0, 0.1) is 13.8 Å². The molecule has 4 rings (SSSR count). The Morgan fingerprint density at radius 1 is 0.833 bits per heavy atom. The summed E-state index contributed by atoms with van der Waals surface area (Å²) in [5.74, 6) is 2.50. The van der Waals surface area contributed by atoms with Crippen molar-refractivity contribution < 1.29 is 14.2 Å². The summed E-state index contributed by atoms with van der Waals surface area (Å²) in [5.41, 5.74) is 8.24. The summed E-state index contributed by atoms with van der Waals surface area (Å²) in [6.45, 7) is 8.58. The molecule has 0 N–H and O–H groups in total. The van der Waals surface area contributed by atoms with Gasteiger partial charge in [-0.3, -0.25) is 4.99 Å². The number of rotatable bonds is 4. The van der Waals surface area contributed by atoms with E-state index in [-0.39, 0.29) is 0 Å². The van der Waals surface area contributed by atoms with Crippen molar-refractivity contribution in [1.29, 1.82) is 0 Å². The molecule has 156 valence electrons. The van der Waals surface area contributed by atoms with Gasteiger partial charge in [-0.15, -0.1) is 0 Å². The number of ether oxygens (including phenoxy) is 3. The van der Waals surface area contributed by atoms with Gasteiger partial charge in [-0.1, -0.05) is 12.1 Å². The van der Waals surface area contributed by atoms with Gasteiger partial charge in [0.1, 0.15) is 17.2 Å². The van der Waals surface area contributed by atoms with Crippen molar-refractivity contribution in [2.45, 2.75) is 40.2 Å². The number of hydrogen-bond donors (Lipinski definition) is 0. The highest BCUT2D eigenvalue weighted by Gasteiger charge is 2.26. The lowest BCUT2D eigenvalue weighted by Gasteiger charge is -2.26. The minimum Gasteiger partial charge on any atom is -0.496 e. The third-order valence-corrected chi connectivity index (χ3v) is 6.11. The Hall–Kier alpha value is -3.01. The predicted octanol–water partition coefficient (Wildman–Crippen LogP) is 5.90. The summed E-state index contributed by atoms with van der Waals surface area (Å²) in [7, 11) is 5.14. The Kier molecular flexibility index (Phi) is 5.19. The van der Waals surface area contributed by atoms with E-state index in [1.165, 1.54) is 16.7 Å². The molecular formula is C26H29NO3. The summed E-state index contributed by atoms with van der Waals surface area (Å²) in [5, 5.41) is 2.06. The van der Waals surface area contributed by atoms with E-state index in [1.807, 2.05) is 12.1 Å². The summed E-state index contributed by atoms with van der Waals surface area (Å²) in [6.07, 6.45) is 0.931. The summed E-state index contributed by atoms with van der Waals surface area (Å²) in [6, 6.07) is 10.7. The van der Waals surface area contributed by atoms with Gasteiger partial charge in [0, 0.05) is 16.8 Å². The van der Waals surface area contributed by atoms with Gasteiger partial charge >= 0.3 is 0 Å². The topological polar surface area (TPSA) is 40.0 Å². The van der Waals surface area contributed by atoms with Crippen LogP contribution < -0.4 is 14.2 Å². The zero-order chi connectivity index (χ0) is 21.6. The molecular weight excluding hydrogens is 374 g/mol. The molecule has 3 aromatic rings. The molecule has 1 heterocycles. The van der Waals surface area contributed by atoms with Crippen LogP contribution in [0.4, 0.5) is 0 Å². The molecule has 0 aromatic heterocycles. The van der Waals surface area contributed by atoms with Crippen LogP contribution in [-0.4, -0.2) is 33.1 Å². The molecule has 1 atom stereocenters. The van der Waals surface area contributed by atoms with Gasteiger partial charge in [0.15, 0.2) is 0 Å². The van der Waals surface area contributed by atoms with Crippen molar-refractivity contribution in [2.24, 2.45) is 4.99 Å². The first kappa shape index (κ1) is 20.3. The van der Waals surface area contributed by atoms with Crippen molar-refractivity contribution in [2.75, 3.05) is 21.3 Å². The molecule has 1 aliphatic heterocycles. The third-order valence-electron chi connectivity index (χ3n) is 6.11. The van der Waals surface area contributed by atoms with Crippen LogP contribution in [0.15, 0.2) is 35.3 Å². The molecule has 4 heteroatoms. The number of nitrogens with zero attached hydrogens (tertiary/aromatic N) is 1. The molecule has 0 fully saturated rings. The van der Waals surface area contributed by atoms with Crippen LogP contribution in [0.5, 0.6) is 17.2 Å². The number of aliphatic imine (C=N–C) groups is 1. The van der Waals surface area contributed by atoms with Gasteiger partial charge in [0.2, 0.25) is 0 Å². The summed E-state index contributed by atoms with van der Waals surface area (Å²) in [4.78, 5) is 4.85. The SMILES string of the molecule is COc1cc2c(c(C)c1-c1c(C)cc(OC)c3c(OC)cccc13)C(C)=N[C@H](C)C2. The third kappa shape index (κ3) is 3.02. The lowest BCUT2D eigenvalue weighted by Crippen LogP contribution is -2.19. The van der Waals surface area contributed by atoms with E-state index in [2.05, 4.69) is 45.9 Å². The van der Waals surface area contributed by atoms with Gasteiger partial charge in [-0.25, -0.2) is 0 Å². The molecule has 4 nitrogen and oxygen atoms in total. The van der Waals surface area contributed by atoms with Gasteiger partial charge in [0.25, 0.3) is 0 Å². The highest BCUT2D eigenvalue weighted by molar-refractivity contribution is 6.09. The fourth-order valence-electron chi connectivity index (χ4n) is 4.96. The van der Waals surface area contributed by atoms with Gasteiger partial charge in [0.05, 0.1) is 32.8 Å². The fraction of sp³-hybridized carbons (Fsp3) is 0.346. The average Bonchev–Trinajstić information content (AvgIpc) is 2.72. The molecule has 0 unspecified atom stereocenters. The number of aryl methyl sites for hydroxylation is 1. The molecule has 0 amide bonds. The van der Waals surface area contributed by atoms with Crippen molar-refractivity contribution in [3.05, 3.63) is 52.6 Å². The second-order valence-corrected chi connectivity index (χ2v) is 8.03. The molecule has 0 radical (unpaired) electrons. The second-order valence-electron chi connectivity index (χ2n) is 8.03. The Morgan fingerprint density at radius 3 is 2.20 bits per heavy atom. The molecule has 30 heavy (non-hydrogen) atoms. The zero-order valence-corrected chi connectivity index (χ0v) is 18.8. The van der Waals surface area contributed by atoms with Gasteiger partial charge < -0.3 is 14.2 Å². The van der Waals surface area contributed by atoms with Crippen molar-refractivity contribution >= 4 is 16.5 Å². The van der Waals surface area contributed by atoms with E-state index in [0.29, 0.717) is 6.04 Å².